The summed E-state index contributed by atoms with van der Waals surface area (Å²) in [4.78, 5) is 10.8. The van der Waals surface area contributed by atoms with Crippen molar-refractivity contribution in [3.8, 4) is 11.1 Å². The number of fused-ring (bicyclic) bond motifs is 1. The van der Waals surface area contributed by atoms with E-state index in [4.69, 9.17) is 11.6 Å². The van der Waals surface area contributed by atoms with E-state index in [-0.39, 0.29) is 0 Å². The molecule has 2 aliphatic heterocycles. The van der Waals surface area contributed by atoms with Crippen molar-refractivity contribution in [1.82, 2.24) is 9.88 Å². The maximum absolute atomic E-state index is 5.90. The summed E-state index contributed by atoms with van der Waals surface area (Å²) < 4.78 is 0.935. The van der Waals surface area contributed by atoms with Crippen molar-refractivity contribution in [3.05, 3.63) is 94.8 Å². The summed E-state index contributed by atoms with van der Waals surface area (Å²) in [6.45, 7) is 12.4. The molecule has 1 fully saturated rings. The fourth-order valence-electron chi connectivity index (χ4n) is 4.04. The molecule has 1 atom stereocenters. The number of rotatable bonds is 3. The first kappa shape index (κ1) is 25.2. The number of likely N-dealkylation sites (N-methyl/N-ethyl adjacent to an activating group) is 1. The molecule has 2 aliphatic rings. The Hall–Kier alpha value is -2.40. The van der Waals surface area contributed by atoms with Gasteiger partial charge in [-0.2, -0.15) is 0 Å². The van der Waals surface area contributed by atoms with Crippen molar-refractivity contribution < 1.29 is 0 Å². The molecular formula is C28H34ClN3S. The lowest BCUT2D eigenvalue weighted by atomic mass is 10.1. The van der Waals surface area contributed by atoms with Crippen LogP contribution in [0.15, 0.2) is 80.0 Å². The van der Waals surface area contributed by atoms with Crippen LogP contribution in [0.5, 0.6) is 0 Å². The molecule has 3 aromatic rings. The lowest BCUT2D eigenvalue weighted by molar-refractivity contribution is 0.317. The Morgan fingerprint density at radius 3 is 2.42 bits per heavy atom. The van der Waals surface area contributed by atoms with Gasteiger partial charge >= 0.3 is 0 Å². The van der Waals surface area contributed by atoms with Gasteiger partial charge in [0.05, 0.1) is 4.34 Å². The van der Waals surface area contributed by atoms with Crippen LogP contribution >= 0.6 is 22.9 Å². The normalized spacial score (nSPS) is 17.2. The lowest BCUT2D eigenvalue weighted by Crippen LogP contribution is -2.26. The minimum atomic E-state index is 0.625. The number of benzene rings is 1. The molecule has 0 amide bonds. The van der Waals surface area contributed by atoms with Gasteiger partial charge in [-0.1, -0.05) is 67.2 Å². The SMILES string of the molecule is C=CC=C.CC1CCCN1c1ccc(-c2ccccc2)cn1.CN1CCc2cc(Cl)sc2C1. The Morgan fingerprint density at radius 1 is 1.06 bits per heavy atom. The second-order valence-electron chi connectivity index (χ2n) is 8.41. The average molecular weight is 480 g/mol. The standard InChI is InChI=1S/C16H18N2.C8H10ClNS.C4H6/c1-13-6-5-11-18(13)16-10-9-15(12-17-16)14-7-3-2-4-8-14;1-10-3-2-6-4-8(9)11-7(6)5-10;1-3-4-2/h2-4,7-10,12-13H,5-6,11H2,1H3;4H,2-3,5H2,1H3;3-4H,1-2H2. The topological polar surface area (TPSA) is 19.4 Å². The van der Waals surface area contributed by atoms with Crippen molar-refractivity contribution in [3.63, 3.8) is 0 Å². The van der Waals surface area contributed by atoms with E-state index in [9.17, 15) is 0 Å². The number of halogens is 1. The molecule has 1 unspecified atom stereocenters. The van der Waals surface area contributed by atoms with Crippen LogP contribution in [0, 0.1) is 0 Å². The summed E-state index contributed by atoms with van der Waals surface area (Å²) >= 11 is 7.62. The highest BCUT2D eigenvalue weighted by Gasteiger charge is 2.21. The zero-order valence-electron chi connectivity index (χ0n) is 19.7. The van der Waals surface area contributed by atoms with Crippen molar-refractivity contribution >= 4 is 28.8 Å². The van der Waals surface area contributed by atoms with Gasteiger partial charge in [0, 0.05) is 42.3 Å². The highest BCUT2D eigenvalue weighted by atomic mass is 35.5. The number of anilines is 1. The molecule has 5 heteroatoms. The van der Waals surface area contributed by atoms with E-state index in [1.54, 1.807) is 23.5 Å². The minimum absolute atomic E-state index is 0.625. The third-order valence-corrected chi connectivity index (χ3v) is 7.20. The Morgan fingerprint density at radius 2 is 1.82 bits per heavy atom. The summed E-state index contributed by atoms with van der Waals surface area (Å²) in [6, 6.07) is 17.4. The number of pyridine rings is 1. The second kappa shape index (κ2) is 12.7. The van der Waals surface area contributed by atoms with Crippen LogP contribution in [0.4, 0.5) is 5.82 Å². The van der Waals surface area contributed by atoms with Gasteiger partial charge in [-0.25, -0.2) is 4.98 Å². The zero-order chi connectivity index (χ0) is 23.6. The minimum Gasteiger partial charge on any atom is -0.354 e. The third kappa shape index (κ3) is 7.29. The fraction of sp³-hybridized carbons (Fsp3) is 0.321. The monoisotopic (exact) mass is 479 g/mol. The number of allylic oxidation sites excluding steroid dienone is 2. The summed E-state index contributed by atoms with van der Waals surface area (Å²) in [5.41, 5.74) is 3.87. The number of hydrogen-bond acceptors (Lipinski definition) is 4. The molecule has 0 aliphatic carbocycles. The lowest BCUT2D eigenvalue weighted by Gasteiger charge is -2.22. The number of aromatic nitrogens is 1. The van der Waals surface area contributed by atoms with E-state index in [1.807, 2.05) is 12.3 Å². The van der Waals surface area contributed by atoms with Gasteiger partial charge in [0.2, 0.25) is 0 Å². The van der Waals surface area contributed by atoms with Crippen LogP contribution in [-0.2, 0) is 13.0 Å². The smallest absolute Gasteiger partial charge is 0.128 e. The van der Waals surface area contributed by atoms with E-state index in [2.05, 4.69) is 84.4 Å². The molecule has 174 valence electrons. The summed E-state index contributed by atoms with van der Waals surface area (Å²) in [5.74, 6) is 1.11. The molecule has 0 spiro atoms. The third-order valence-electron chi connectivity index (χ3n) is 5.91. The number of thiophene rings is 1. The molecule has 0 N–H and O–H groups in total. The molecular weight excluding hydrogens is 446 g/mol. The first-order valence-corrected chi connectivity index (χ1v) is 12.7. The largest absolute Gasteiger partial charge is 0.354 e. The maximum Gasteiger partial charge on any atom is 0.128 e. The molecule has 1 saturated heterocycles. The van der Waals surface area contributed by atoms with Gasteiger partial charge in [0.1, 0.15) is 5.82 Å². The fourth-order valence-corrected chi connectivity index (χ4v) is 5.47. The van der Waals surface area contributed by atoms with E-state index in [1.165, 1.54) is 41.0 Å². The first-order chi connectivity index (χ1) is 16.0. The molecule has 33 heavy (non-hydrogen) atoms. The van der Waals surface area contributed by atoms with E-state index in [0.717, 1.165) is 29.7 Å². The molecule has 5 rings (SSSR count). The molecule has 2 aromatic heterocycles. The van der Waals surface area contributed by atoms with Crippen molar-refractivity contribution in [2.45, 2.75) is 38.8 Å². The van der Waals surface area contributed by atoms with Gasteiger partial charge in [-0.15, -0.1) is 11.3 Å². The molecule has 0 saturated carbocycles. The summed E-state index contributed by atoms with van der Waals surface area (Å²) in [6.07, 6.45) is 8.98. The zero-order valence-corrected chi connectivity index (χ0v) is 21.3. The molecule has 0 bridgehead atoms. The Bertz CT molecular complexity index is 1010. The summed E-state index contributed by atoms with van der Waals surface area (Å²) in [7, 11) is 2.15. The van der Waals surface area contributed by atoms with Crippen LogP contribution in [0.25, 0.3) is 11.1 Å². The van der Waals surface area contributed by atoms with Crippen LogP contribution in [0.3, 0.4) is 0 Å². The predicted octanol–water partition coefficient (Wildman–Crippen LogP) is 7.49. The first-order valence-electron chi connectivity index (χ1n) is 11.5. The van der Waals surface area contributed by atoms with Gasteiger partial charge < -0.3 is 9.80 Å². The Labute approximate surface area is 208 Å². The van der Waals surface area contributed by atoms with Gasteiger partial charge in [-0.3, -0.25) is 0 Å². The molecule has 3 nitrogen and oxygen atoms in total. The Balaban J connectivity index is 0.000000173. The average Bonchev–Trinajstić information content (AvgIpc) is 3.44. The number of nitrogens with zero attached hydrogens (tertiary/aromatic N) is 3. The summed E-state index contributed by atoms with van der Waals surface area (Å²) in [5, 5.41) is 0. The van der Waals surface area contributed by atoms with Crippen molar-refractivity contribution in [2.24, 2.45) is 0 Å². The molecule has 4 heterocycles. The van der Waals surface area contributed by atoms with Crippen LogP contribution in [0.2, 0.25) is 4.34 Å². The molecule has 1 aromatic carbocycles. The van der Waals surface area contributed by atoms with Crippen molar-refractivity contribution in [1.29, 1.82) is 0 Å². The van der Waals surface area contributed by atoms with Gasteiger partial charge in [0.25, 0.3) is 0 Å². The highest BCUT2D eigenvalue weighted by Crippen LogP contribution is 2.30. The Kier molecular flexibility index (Phi) is 9.74. The van der Waals surface area contributed by atoms with Gasteiger partial charge in [0.15, 0.2) is 0 Å². The maximum atomic E-state index is 5.90. The predicted molar refractivity (Wildman–Crippen MR) is 145 cm³/mol. The quantitative estimate of drug-likeness (QED) is 0.363. The highest BCUT2D eigenvalue weighted by molar-refractivity contribution is 7.16. The van der Waals surface area contributed by atoms with E-state index < -0.39 is 0 Å². The second-order valence-corrected chi connectivity index (χ2v) is 10.2. The number of hydrogen-bond donors (Lipinski definition) is 0. The van der Waals surface area contributed by atoms with Crippen molar-refractivity contribution in [2.75, 3.05) is 25.0 Å². The van der Waals surface area contributed by atoms with Crippen LogP contribution in [0.1, 0.15) is 30.2 Å². The van der Waals surface area contributed by atoms with E-state index in [0.29, 0.717) is 6.04 Å². The van der Waals surface area contributed by atoms with Crippen LogP contribution in [-0.4, -0.2) is 36.1 Å². The molecule has 0 radical (unpaired) electrons. The van der Waals surface area contributed by atoms with Crippen LogP contribution < -0.4 is 4.90 Å². The van der Waals surface area contributed by atoms with Gasteiger partial charge in [-0.05, 0) is 62.6 Å². The van der Waals surface area contributed by atoms with E-state index >= 15 is 0 Å².